The number of nitrogens with two attached hydrogens (primary N) is 1. The summed E-state index contributed by atoms with van der Waals surface area (Å²) < 4.78 is 0. The lowest BCUT2D eigenvalue weighted by Crippen LogP contribution is -2.53. The van der Waals surface area contributed by atoms with Crippen molar-refractivity contribution in [1.82, 2.24) is 9.80 Å². The molecule has 1 atom stereocenters. The fourth-order valence-corrected chi connectivity index (χ4v) is 2.57. The maximum Gasteiger partial charge on any atom is 0.0252 e. The van der Waals surface area contributed by atoms with E-state index in [1.54, 1.807) is 0 Å². The van der Waals surface area contributed by atoms with Crippen LogP contribution in [-0.4, -0.2) is 48.1 Å². The Morgan fingerprint density at radius 3 is 2.21 bits per heavy atom. The summed E-state index contributed by atoms with van der Waals surface area (Å²) in [6.45, 7) is 11.0. The van der Waals surface area contributed by atoms with Crippen molar-refractivity contribution in [2.24, 2.45) is 5.73 Å². The fourth-order valence-electron chi connectivity index (χ4n) is 2.57. The quantitative estimate of drug-likeness (QED) is 0.879. The van der Waals surface area contributed by atoms with Gasteiger partial charge in [0, 0.05) is 44.8 Å². The molecule has 1 aliphatic heterocycles. The minimum absolute atomic E-state index is 0.0401. The number of piperazine rings is 1. The second-order valence-corrected chi connectivity index (χ2v) is 6.05. The highest BCUT2D eigenvalue weighted by Crippen LogP contribution is 2.12. The molecule has 106 valence electrons. The van der Waals surface area contributed by atoms with E-state index >= 15 is 0 Å². The van der Waals surface area contributed by atoms with E-state index in [-0.39, 0.29) is 5.54 Å². The van der Waals surface area contributed by atoms with Gasteiger partial charge in [-0.05, 0) is 18.9 Å². The first kappa shape index (κ1) is 14.5. The Morgan fingerprint density at radius 2 is 1.63 bits per heavy atom. The molecule has 0 saturated carbocycles. The molecule has 2 N–H and O–H groups in total. The van der Waals surface area contributed by atoms with E-state index in [1.165, 1.54) is 5.56 Å². The van der Waals surface area contributed by atoms with E-state index in [4.69, 9.17) is 5.73 Å². The molecule has 0 aromatic heterocycles. The zero-order chi connectivity index (χ0) is 13.7. The lowest BCUT2D eigenvalue weighted by Gasteiger charge is -2.38. The highest BCUT2D eigenvalue weighted by atomic mass is 15.3. The number of hydrogen-bond donors (Lipinski definition) is 1. The van der Waals surface area contributed by atoms with Crippen LogP contribution in [0.4, 0.5) is 0 Å². The van der Waals surface area contributed by atoms with Gasteiger partial charge in [0.1, 0.15) is 0 Å². The maximum atomic E-state index is 6.25. The van der Waals surface area contributed by atoms with Gasteiger partial charge in [0.2, 0.25) is 0 Å². The van der Waals surface area contributed by atoms with Crippen LogP contribution in [0, 0.1) is 0 Å². The number of hydrogen-bond acceptors (Lipinski definition) is 3. The fraction of sp³-hybridized carbons (Fsp3) is 0.625. The summed E-state index contributed by atoms with van der Waals surface area (Å²) in [5, 5.41) is 0. The highest BCUT2D eigenvalue weighted by Gasteiger charge is 2.23. The van der Waals surface area contributed by atoms with Crippen LogP contribution in [-0.2, 0) is 6.54 Å². The van der Waals surface area contributed by atoms with Crippen molar-refractivity contribution in [1.29, 1.82) is 0 Å². The highest BCUT2D eigenvalue weighted by molar-refractivity contribution is 5.14. The maximum absolute atomic E-state index is 6.25. The van der Waals surface area contributed by atoms with E-state index < -0.39 is 0 Å². The summed E-state index contributed by atoms with van der Waals surface area (Å²) in [5.41, 5.74) is 7.62. The molecule has 3 nitrogen and oxygen atoms in total. The molecule has 1 aromatic rings. The van der Waals surface area contributed by atoms with Crippen molar-refractivity contribution >= 4 is 0 Å². The topological polar surface area (TPSA) is 32.5 Å². The predicted octanol–water partition coefficient (Wildman–Crippen LogP) is 1.93. The average molecular weight is 261 g/mol. The molecule has 2 rings (SSSR count). The normalized spacial score (nSPS) is 21.2. The Balaban J connectivity index is 1.77. The number of rotatable bonds is 5. The van der Waals surface area contributed by atoms with Crippen molar-refractivity contribution in [3.8, 4) is 0 Å². The summed E-state index contributed by atoms with van der Waals surface area (Å²) in [4.78, 5) is 5.04. The van der Waals surface area contributed by atoms with Crippen LogP contribution in [0.25, 0.3) is 0 Å². The van der Waals surface area contributed by atoms with Crippen LogP contribution >= 0.6 is 0 Å². The predicted molar refractivity (Wildman–Crippen MR) is 81.0 cm³/mol. The standard InChI is InChI=1S/C16H27N3/c1-3-16(2,17)14-19-11-9-18(10-12-19)13-15-7-5-4-6-8-15/h4-8H,3,9-14,17H2,1-2H3. The molecule has 0 radical (unpaired) electrons. The Labute approximate surface area is 117 Å². The van der Waals surface area contributed by atoms with Crippen molar-refractivity contribution in [3.05, 3.63) is 35.9 Å². The van der Waals surface area contributed by atoms with Crippen LogP contribution < -0.4 is 5.73 Å². The molecule has 1 saturated heterocycles. The van der Waals surface area contributed by atoms with E-state index in [0.717, 1.165) is 45.7 Å². The van der Waals surface area contributed by atoms with E-state index in [1.807, 2.05) is 0 Å². The van der Waals surface area contributed by atoms with Gasteiger partial charge in [-0.2, -0.15) is 0 Å². The Hall–Kier alpha value is -0.900. The van der Waals surface area contributed by atoms with Crippen LogP contribution in [0.2, 0.25) is 0 Å². The first-order chi connectivity index (χ1) is 9.09. The van der Waals surface area contributed by atoms with Crippen molar-refractivity contribution in [3.63, 3.8) is 0 Å². The summed E-state index contributed by atoms with van der Waals surface area (Å²) in [7, 11) is 0. The molecule has 1 aliphatic rings. The van der Waals surface area contributed by atoms with Gasteiger partial charge >= 0.3 is 0 Å². The lowest BCUT2D eigenvalue weighted by atomic mass is 9.99. The molecule has 0 bridgehead atoms. The van der Waals surface area contributed by atoms with Gasteiger partial charge < -0.3 is 5.73 Å². The molecule has 1 aromatic carbocycles. The van der Waals surface area contributed by atoms with E-state index in [2.05, 4.69) is 54.0 Å². The monoisotopic (exact) mass is 261 g/mol. The Kier molecular flexibility index (Phi) is 4.97. The molecular formula is C16H27N3. The van der Waals surface area contributed by atoms with Gasteiger partial charge in [0.25, 0.3) is 0 Å². The lowest BCUT2D eigenvalue weighted by molar-refractivity contribution is 0.108. The van der Waals surface area contributed by atoms with Crippen LogP contribution in [0.5, 0.6) is 0 Å². The zero-order valence-corrected chi connectivity index (χ0v) is 12.3. The Morgan fingerprint density at radius 1 is 1.05 bits per heavy atom. The first-order valence-electron chi connectivity index (χ1n) is 7.36. The molecule has 1 unspecified atom stereocenters. The van der Waals surface area contributed by atoms with Crippen LogP contribution in [0.3, 0.4) is 0 Å². The summed E-state index contributed by atoms with van der Waals surface area (Å²) >= 11 is 0. The molecular weight excluding hydrogens is 234 g/mol. The van der Waals surface area contributed by atoms with Gasteiger partial charge in [0.15, 0.2) is 0 Å². The number of benzene rings is 1. The second-order valence-electron chi connectivity index (χ2n) is 6.05. The van der Waals surface area contributed by atoms with Crippen molar-refractivity contribution in [2.75, 3.05) is 32.7 Å². The third-order valence-corrected chi connectivity index (χ3v) is 4.11. The molecule has 0 spiro atoms. The SMILES string of the molecule is CCC(C)(N)CN1CCN(Cc2ccccc2)CC1. The van der Waals surface area contributed by atoms with Crippen LogP contribution in [0.1, 0.15) is 25.8 Å². The summed E-state index contributed by atoms with van der Waals surface area (Å²) in [6, 6.07) is 10.7. The van der Waals surface area contributed by atoms with Gasteiger partial charge in [-0.1, -0.05) is 37.3 Å². The Bertz CT molecular complexity index is 367. The first-order valence-corrected chi connectivity index (χ1v) is 7.36. The van der Waals surface area contributed by atoms with Gasteiger partial charge in [-0.15, -0.1) is 0 Å². The third kappa shape index (κ3) is 4.60. The minimum atomic E-state index is -0.0401. The van der Waals surface area contributed by atoms with Crippen molar-refractivity contribution < 1.29 is 0 Å². The molecule has 1 fully saturated rings. The minimum Gasteiger partial charge on any atom is -0.324 e. The molecule has 1 heterocycles. The van der Waals surface area contributed by atoms with Crippen LogP contribution in [0.15, 0.2) is 30.3 Å². The van der Waals surface area contributed by atoms with Gasteiger partial charge in [-0.3, -0.25) is 9.80 Å². The van der Waals surface area contributed by atoms with Gasteiger partial charge in [-0.25, -0.2) is 0 Å². The van der Waals surface area contributed by atoms with E-state index in [0.29, 0.717) is 0 Å². The largest absolute Gasteiger partial charge is 0.324 e. The zero-order valence-electron chi connectivity index (χ0n) is 12.3. The number of nitrogens with zero attached hydrogens (tertiary/aromatic N) is 2. The summed E-state index contributed by atoms with van der Waals surface area (Å²) in [6.07, 6.45) is 1.04. The molecule has 0 aliphatic carbocycles. The van der Waals surface area contributed by atoms with Gasteiger partial charge in [0.05, 0.1) is 0 Å². The third-order valence-electron chi connectivity index (χ3n) is 4.11. The average Bonchev–Trinajstić information content (AvgIpc) is 2.42. The smallest absolute Gasteiger partial charge is 0.0252 e. The second kappa shape index (κ2) is 6.51. The summed E-state index contributed by atoms with van der Waals surface area (Å²) in [5.74, 6) is 0. The molecule has 3 heteroatoms. The molecule has 19 heavy (non-hydrogen) atoms. The van der Waals surface area contributed by atoms with E-state index in [9.17, 15) is 0 Å². The van der Waals surface area contributed by atoms with Crippen molar-refractivity contribution in [2.45, 2.75) is 32.4 Å². The molecule has 0 amide bonds.